The lowest BCUT2D eigenvalue weighted by atomic mass is 10.1. The molecule has 3 nitrogen and oxygen atoms in total. The van der Waals surface area contributed by atoms with Gasteiger partial charge >= 0.3 is 0 Å². The lowest BCUT2D eigenvalue weighted by Crippen LogP contribution is -2.09. The van der Waals surface area contributed by atoms with Gasteiger partial charge in [-0.2, -0.15) is 0 Å². The van der Waals surface area contributed by atoms with E-state index in [0.29, 0.717) is 16.8 Å². The molecule has 0 unspecified atom stereocenters. The first-order valence-electron chi connectivity index (χ1n) is 5.06. The van der Waals surface area contributed by atoms with Gasteiger partial charge < -0.3 is 4.98 Å². The van der Waals surface area contributed by atoms with Crippen LogP contribution in [0.1, 0.15) is 21.5 Å². The Kier molecular flexibility index (Phi) is 1.66. The Morgan fingerprint density at radius 1 is 1.06 bits per heavy atom. The van der Waals surface area contributed by atoms with Crippen molar-refractivity contribution in [2.75, 3.05) is 0 Å². The third-order valence-corrected chi connectivity index (χ3v) is 2.91. The van der Waals surface area contributed by atoms with E-state index < -0.39 is 0 Å². The SMILES string of the molecule is Cc1cc(=O)[nH]c2c1C(=O)c1ccccc1-2. The summed E-state index contributed by atoms with van der Waals surface area (Å²) >= 11 is 0. The van der Waals surface area contributed by atoms with Crippen molar-refractivity contribution in [3.63, 3.8) is 0 Å². The van der Waals surface area contributed by atoms with Crippen molar-refractivity contribution in [2.24, 2.45) is 0 Å². The summed E-state index contributed by atoms with van der Waals surface area (Å²) in [6, 6.07) is 8.80. The molecule has 3 rings (SSSR count). The maximum absolute atomic E-state index is 12.1. The number of fused-ring (bicyclic) bond motifs is 3. The Morgan fingerprint density at radius 2 is 1.75 bits per heavy atom. The van der Waals surface area contributed by atoms with E-state index in [9.17, 15) is 9.59 Å². The van der Waals surface area contributed by atoms with E-state index >= 15 is 0 Å². The molecule has 78 valence electrons. The normalized spacial score (nSPS) is 12.4. The zero-order valence-electron chi connectivity index (χ0n) is 8.70. The number of ketones is 1. The highest BCUT2D eigenvalue weighted by atomic mass is 16.1. The predicted molar refractivity (Wildman–Crippen MR) is 60.7 cm³/mol. The van der Waals surface area contributed by atoms with Crippen molar-refractivity contribution in [1.82, 2.24) is 4.98 Å². The van der Waals surface area contributed by atoms with Crippen molar-refractivity contribution in [3.8, 4) is 11.3 Å². The Balaban J connectivity index is 2.47. The lowest BCUT2D eigenvalue weighted by Gasteiger charge is -2.01. The molecule has 0 saturated carbocycles. The van der Waals surface area contributed by atoms with Crippen LogP contribution in [0.3, 0.4) is 0 Å². The molecule has 0 atom stereocenters. The third kappa shape index (κ3) is 1.03. The number of aromatic amines is 1. The summed E-state index contributed by atoms with van der Waals surface area (Å²) in [7, 11) is 0. The van der Waals surface area contributed by atoms with E-state index in [1.54, 1.807) is 13.0 Å². The Morgan fingerprint density at radius 3 is 2.50 bits per heavy atom. The summed E-state index contributed by atoms with van der Waals surface area (Å²) in [4.78, 5) is 26.2. The Hall–Kier alpha value is -2.16. The molecule has 3 heteroatoms. The number of H-pyrrole nitrogens is 1. The van der Waals surface area contributed by atoms with Crippen LogP contribution in [0.15, 0.2) is 35.1 Å². The van der Waals surface area contributed by atoms with Gasteiger partial charge in [-0.1, -0.05) is 24.3 Å². The predicted octanol–water partition coefficient (Wildman–Crippen LogP) is 1.89. The highest BCUT2D eigenvalue weighted by molar-refractivity contribution is 6.21. The van der Waals surface area contributed by atoms with Crippen molar-refractivity contribution >= 4 is 5.78 Å². The van der Waals surface area contributed by atoms with Crippen LogP contribution in [0.4, 0.5) is 0 Å². The molecule has 1 aromatic carbocycles. The van der Waals surface area contributed by atoms with Crippen LogP contribution >= 0.6 is 0 Å². The average molecular weight is 211 g/mol. The summed E-state index contributed by atoms with van der Waals surface area (Å²) in [5.41, 5.74) is 3.35. The van der Waals surface area contributed by atoms with Gasteiger partial charge in [-0.25, -0.2) is 0 Å². The maximum atomic E-state index is 12.1. The van der Waals surface area contributed by atoms with E-state index in [4.69, 9.17) is 0 Å². The smallest absolute Gasteiger partial charge is 0.248 e. The van der Waals surface area contributed by atoms with E-state index in [1.807, 2.05) is 18.2 Å². The number of carbonyl (C=O) groups is 1. The minimum absolute atomic E-state index is 0.000602. The molecule has 0 radical (unpaired) electrons. The molecule has 0 saturated heterocycles. The number of aryl methyl sites for hydroxylation is 1. The molecular formula is C13H9NO2. The minimum Gasteiger partial charge on any atom is -0.321 e. The van der Waals surface area contributed by atoms with Gasteiger partial charge in [0.05, 0.1) is 5.69 Å². The second kappa shape index (κ2) is 2.92. The summed E-state index contributed by atoms with van der Waals surface area (Å²) in [5, 5.41) is 0. The third-order valence-electron chi connectivity index (χ3n) is 2.91. The topological polar surface area (TPSA) is 49.9 Å². The fourth-order valence-corrected chi connectivity index (χ4v) is 2.22. The largest absolute Gasteiger partial charge is 0.321 e. The standard InChI is InChI=1S/C13H9NO2/c1-7-6-10(15)14-12-8-4-2-3-5-9(8)13(16)11(7)12/h2-6H,1H3,(H,14,15). The number of rotatable bonds is 0. The van der Waals surface area contributed by atoms with Crippen molar-refractivity contribution < 1.29 is 4.79 Å². The number of nitrogens with one attached hydrogen (secondary N) is 1. The van der Waals surface area contributed by atoms with Crippen molar-refractivity contribution in [3.05, 3.63) is 57.4 Å². The van der Waals surface area contributed by atoms with Crippen LogP contribution in [-0.4, -0.2) is 10.8 Å². The Bertz CT molecular complexity index is 668. The first kappa shape index (κ1) is 9.09. The van der Waals surface area contributed by atoms with Gasteiger partial charge in [0.1, 0.15) is 0 Å². The average Bonchev–Trinajstić information content (AvgIpc) is 2.54. The van der Waals surface area contributed by atoms with Crippen molar-refractivity contribution in [1.29, 1.82) is 0 Å². The minimum atomic E-state index is -0.166. The van der Waals surface area contributed by atoms with E-state index in [0.717, 1.165) is 11.1 Å². The molecule has 0 spiro atoms. The van der Waals surface area contributed by atoms with Gasteiger partial charge in [-0.05, 0) is 12.5 Å². The monoisotopic (exact) mass is 211 g/mol. The fourth-order valence-electron chi connectivity index (χ4n) is 2.22. The molecular weight excluding hydrogens is 202 g/mol. The quantitative estimate of drug-likeness (QED) is 0.617. The molecule has 2 aromatic rings. The van der Waals surface area contributed by atoms with Crippen LogP contribution < -0.4 is 5.56 Å². The molecule has 1 heterocycles. The molecule has 1 N–H and O–H groups in total. The van der Waals surface area contributed by atoms with E-state index in [-0.39, 0.29) is 11.3 Å². The number of aromatic nitrogens is 1. The number of benzene rings is 1. The van der Waals surface area contributed by atoms with Gasteiger partial charge in [0, 0.05) is 22.8 Å². The van der Waals surface area contributed by atoms with Crippen molar-refractivity contribution in [2.45, 2.75) is 6.92 Å². The molecule has 0 bridgehead atoms. The molecule has 1 aliphatic rings. The molecule has 16 heavy (non-hydrogen) atoms. The fraction of sp³-hybridized carbons (Fsp3) is 0.0769. The van der Waals surface area contributed by atoms with Gasteiger partial charge in [0.15, 0.2) is 5.78 Å². The second-order valence-corrected chi connectivity index (χ2v) is 3.94. The van der Waals surface area contributed by atoms with Crippen LogP contribution in [0.5, 0.6) is 0 Å². The van der Waals surface area contributed by atoms with Gasteiger partial charge in [0.25, 0.3) is 0 Å². The zero-order valence-corrected chi connectivity index (χ0v) is 8.70. The van der Waals surface area contributed by atoms with Gasteiger partial charge in [0.2, 0.25) is 5.56 Å². The molecule has 0 aliphatic heterocycles. The highest BCUT2D eigenvalue weighted by Crippen LogP contribution is 2.35. The van der Waals surface area contributed by atoms with Crippen LogP contribution in [-0.2, 0) is 0 Å². The summed E-state index contributed by atoms with van der Waals surface area (Å²) in [5.74, 6) is -0.000602. The van der Waals surface area contributed by atoms with Gasteiger partial charge in [-0.3, -0.25) is 9.59 Å². The molecule has 1 aromatic heterocycles. The van der Waals surface area contributed by atoms with Crippen LogP contribution in [0.25, 0.3) is 11.3 Å². The van der Waals surface area contributed by atoms with E-state index in [2.05, 4.69) is 4.98 Å². The first-order valence-corrected chi connectivity index (χ1v) is 5.06. The lowest BCUT2D eigenvalue weighted by molar-refractivity contribution is 0.104. The highest BCUT2D eigenvalue weighted by Gasteiger charge is 2.28. The first-order chi connectivity index (χ1) is 7.68. The van der Waals surface area contributed by atoms with Crippen LogP contribution in [0, 0.1) is 6.92 Å². The maximum Gasteiger partial charge on any atom is 0.248 e. The molecule has 1 aliphatic carbocycles. The number of hydrogen-bond acceptors (Lipinski definition) is 2. The Labute approximate surface area is 91.8 Å². The number of hydrogen-bond donors (Lipinski definition) is 1. The molecule has 0 fully saturated rings. The summed E-state index contributed by atoms with van der Waals surface area (Å²) in [6.45, 7) is 1.79. The number of pyridine rings is 1. The summed E-state index contributed by atoms with van der Waals surface area (Å²) in [6.07, 6.45) is 0. The van der Waals surface area contributed by atoms with Crippen LogP contribution in [0.2, 0.25) is 0 Å². The second-order valence-electron chi connectivity index (χ2n) is 3.94. The molecule has 0 amide bonds. The van der Waals surface area contributed by atoms with Gasteiger partial charge in [-0.15, -0.1) is 0 Å². The van der Waals surface area contributed by atoms with E-state index in [1.165, 1.54) is 6.07 Å². The summed E-state index contributed by atoms with van der Waals surface area (Å²) < 4.78 is 0. The number of carbonyl (C=O) groups excluding carboxylic acids is 1. The zero-order chi connectivity index (χ0) is 11.3.